The molecule has 2 atom stereocenters. The minimum Gasteiger partial charge on any atom is -0.478 e. The van der Waals surface area contributed by atoms with Crippen LogP contribution in [0.5, 0.6) is 5.88 Å². The molecule has 1 aliphatic rings. The Balaban J connectivity index is 2.00. The van der Waals surface area contributed by atoms with Crippen molar-refractivity contribution < 1.29 is 4.74 Å². The number of aromatic nitrogens is 1. The lowest BCUT2D eigenvalue weighted by atomic mass is 10.1. The van der Waals surface area contributed by atoms with Crippen molar-refractivity contribution in [1.29, 1.82) is 0 Å². The number of hydrogen-bond acceptors (Lipinski definition) is 3. The van der Waals surface area contributed by atoms with Crippen LogP contribution in [-0.4, -0.2) is 23.5 Å². The first-order valence-electron chi connectivity index (χ1n) is 6.26. The minimum atomic E-state index is 0.455. The van der Waals surface area contributed by atoms with E-state index in [1.807, 2.05) is 25.1 Å². The van der Waals surface area contributed by atoms with E-state index in [1.54, 1.807) is 0 Å². The number of ether oxygens (including phenoxy) is 1. The zero-order chi connectivity index (χ0) is 12.1. The van der Waals surface area contributed by atoms with Crippen LogP contribution in [0.15, 0.2) is 18.2 Å². The molecule has 1 aromatic heterocycles. The molecule has 1 fully saturated rings. The van der Waals surface area contributed by atoms with Crippen LogP contribution in [-0.2, 0) is 0 Å². The highest BCUT2D eigenvalue weighted by molar-refractivity contribution is 6.18. The number of rotatable bonds is 5. The van der Waals surface area contributed by atoms with Crippen LogP contribution in [0.3, 0.4) is 0 Å². The van der Waals surface area contributed by atoms with Crippen LogP contribution in [0, 0.1) is 5.92 Å². The lowest BCUT2D eigenvalue weighted by Gasteiger charge is -2.19. The highest BCUT2D eigenvalue weighted by atomic mass is 35.5. The Morgan fingerprint density at radius 1 is 1.47 bits per heavy atom. The molecule has 0 aliphatic heterocycles. The molecule has 1 N–H and O–H groups in total. The lowest BCUT2D eigenvalue weighted by molar-refractivity contribution is 0.327. The third-order valence-corrected chi connectivity index (χ3v) is 3.60. The van der Waals surface area contributed by atoms with Crippen molar-refractivity contribution >= 4 is 17.4 Å². The Labute approximate surface area is 108 Å². The van der Waals surface area contributed by atoms with E-state index in [0.717, 1.165) is 11.7 Å². The van der Waals surface area contributed by atoms with Gasteiger partial charge < -0.3 is 10.1 Å². The molecule has 0 aromatic carbocycles. The van der Waals surface area contributed by atoms with Crippen molar-refractivity contribution in [3.05, 3.63) is 18.2 Å². The summed E-state index contributed by atoms with van der Waals surface area (Å²) in [7, 11) is 0. The van der Waals surface area contributed by atoms with Gasteiger partial charge in [0.15, 0.2) is 0 Å². The smallest absolute Gasteiger partial charge is 0.215 e. The molecule has 1 aliphatic carbocycles. The highest BCUT2D eigenvalue weighted by Gasteiger charge is 2.26. The molecule has 2 unspecified atom stereocenters. The number of pyridine rings is 1. The summed E-state index contributed by atoms with van der Waals surface area (Å²) < 4.78 is 5.39. The van der Waals surface area contributed by atoms with E-state index in [0.29, 0.717) is 24.4 Å². The first-order valence-corrected chi connectivity index (χ1v) is 6.79. The zero-order valence-electron chi connectivity index (χ0n) is 10.2. The van der Waals surface area contributed by atoms with Crippen LogP contribution in [0.1, 0.15) is 26.2 Å². The first-order chi connectivity index (χ1) is 8.33. The zero-order valence-corrected chi connectivity index (χ0v) is 10.9. The fourth-order valence-electron chi connectivity index (χ4n) is 2.32. The summed E-state index contributed by atoms with van der Waals surface area (Å²) in [6.07, 6.45) is 3.64. The maximum atomic E-state index is 5.96. The Hall–Kier alpha value is -0.960. The van der Waals surface area contributed by atoms with Gasteiger partial charge in [0, 0.05) is 18.0 Å². The SMILES string of the molecule is CCOc1cccc(NC2CCCC2CCl)n1. The molecule has 1 heterocycles. The molecule has 0 saturated heterocycles. The van der Waals surface area contributed by atoms with Gasteiger partial charge in [-0.2, -0.15) is 4.98 Å². The number of nitrogens with zero attached hydrogens (tertiary/aromatic N) is 1. The second-order valence-corrected chi connectivity index (χ2v) is 4.70. The van der Waals surface area contributed by atoms with Gasteiger partial charge in [-0.1, -0.05) is 12.5 Å². The van der Waals surface area contributed by atoms with Gasteiger partial charge in [0.2, 0.25) is 5.88 Å². The first kappa shape index (κ1) is 12.5. The lowest BCUT2D eigenvalue weighted by Crippen LogP contribution is -2.25. The van der Waals surface area contributed by atoms with Crippen molar-refractivity contribution in [3.63, 3.8) is 0 Å². The Morgan fingerprint density at radius 2 is 2.35 bits per heavy atom. The fraction of sp³-hybridized carbons (Fsp3) is 0.615. The third kappa shape index (κ3) is 3.25. The van der Waals surface area contributed by atoms with Crippen molar-refractivity contribution in [2.75, 3.05) is 17.8 Å². The predicted molar refractivity (Wildman–Crippen MR) is 70.9 cm³/mol. The minimum absolute atomic E-state index is 0.455. The number of alkyl halides is 1. The number of hydrogen-bond donors (Lipinski definition) is 1. The van der Waals surface area contributed by atoms with Gasteiger partial charge in [-0.3, -0.25) is 0 Å². The molecule has 3 nitrogen and oxygen atoms in total. The molecule has 0 amide bonds. The summed E-state index contributed by atoms with van der Waals surface area (Å²) in [6, 6.07) is 6.27. The third-order valence-electron chi connectivity index (χ3n) is 3.21. The summed E-state index contributed by atoms with van der Waals surface area (Å²) in [4.78, 5) is 4.42. The van der Waals surface area contributed by atoms with E-state index in [-0.39, 0.29) is 0 Å². The Bertz CT molecular complexity index is 359. The predicted octanol–water partition coefficient (Wildman–Crippen LogP) is 3.30. The maximum Gasteiger partial charge on any atom is 0.215 e. The quantitative estimate of drug-likeness (QED) is 0.819. The standard InChI is InChI=1S/C13H19ClN2O/c1-2-17-13-8-4-7-12(16-13)15-11-6-3-5-10(11)9-14/h4,7-8,10-11H,2-3,5-6,9H2,1H3,(H,15,16). The fourth-order valence-corrected chi connectivity index (χ4v) is 2.69. The molecular weight excluding hydrogens is 236 g/mol. The van der Waals surface area contributed by atoms with E-state index in [9.17, 15) is 0 Å². The van der Waals surface area contributed by atoms with Gasteiger partial charge >= 0.3 is 0 Å². The van der Waals surface area contributed by atoms with Crippen molar-refractivity contribution in [3.8, 4) is 5.88 Å². The highest BCUT2D eigenvalue weighted by Crippen LogP contribution is 2.29. The van der Waals surface area contributed by atoms with Gasteiger partial charge in [-0.25, -0.2) is 0 Å². The molecule has 4 heteroatoms. The average Bonchev–Trinajstić information content (AvgIpc) is 2.77. The van der Waals surface area contributed by atoms with E-state index in [2.05, 4.69) is 10.3 Å². The van der Waals surface area contributed by atoms with Crippen LogP contribution in [0.4, 0.5) is 5.82 Å². The summed E-state index contributed by atoms with van der Waals surface area (Å²) in [5.41, 5.74) is 0. The van der Waals surface area contributed by atoms with Crippen LogP contribution < -0.4 is 10.1 Å². The summed E-state index contributed by atoms with van der Waals surface area (Å²) in [6.45, 7) is 2.60. The number of halogens is 1. The van der Waals surface area contributed by atoms with Crippen LogP contribution >= 0.6 is 11.6 Å². The van der Waals surface area contributed by atoms with Gasteiger partial charge in [0.1, 0.15) is 5.82 Å². The van der Waals surface area contributed by atoms with Crippen molar-refractivity contribution in [1.82, 2.24) is 4.98 Å². The van der Waals surface area contributed by atoms with E-state index < -0.39 is 0 Å². The molecule has 2 rings (SSSR count). The molecular formula is C13H19ClN2O. The molecule has 0 radical (unpaired) electrons. The monoisotopic (exact) mass is 254 g/mol. The normalized spacial score (nSPS) is 23.6. The van der Waals surface area contributed by atoms with Crippen molar-refractivity contribution in [2.45, 2.75) is 32.2 Å². The summed E-state index contributed by atoms with van der Waals surface area (Å²) in [5.74, 6) is 2.85. The molecule has 17 heavy (non-hydrogen) atoms. The molecule has 0 bridgehead atoms. The van der Waals surface area contributed by atoms with Crippen molar-refractivity contribution in [2.24, 2.45) is 5.92 Å². The van der Waals surface area contributed by atoms with Crippen LogP contribution in [0.25, 0.3) is 0 Å². The summed E-state index contributed by atoms with van der Waals surface area (Å²) in [5, 5.41) is 3.47. The topological polar surface area (TPSA) is 34.1 Å². The van der Waals surface area contributed by atoms with Crippen LogP contribution in [0.2, 0.25) is 0 Å². The molecule has 94 valence electrons. The second kappa shape index (κ2) is 6.10. The Morgan fingerprint density at radius 3 is 3.12 bits per heavy atom. The van der Waals surface area contributed by atoms with Gasteiger partial charge in [0.25, 0.3) is 0 Å². The van der Waals surface area contributed by atoms with Gasteiger partial charge in [-0.15, -0.1) is 11.6 Å². The molecule has 1 aromatic rings. The Kier molecular flexibility index (Phi) is 4.49. The number of nitrogens with one attached hydrogen (secondary N) is 1. The molecule has 0 spiro atoms. The van der Waals surface area contributed by atoms with Gasteiger partial charge in [0.05, 0.1) is 6.61 Å². The molecule has 1 saturated carbocycles. The van der Waals surface area contributed by atoms with Gasteiger partial charge in [-0.05, 0) is 31.7 Å². The van der Waals surface area contributed by atoms with E-state index in [4.69, 9.17) is 16.3 Å². The number of anilines is 1. The summed E-state index contributed by atoms with van der Waals surface area (Å²) >= 11 is 5.96. The largest absolute Gasteiger partial charge is 0.478 e. The van der Waals surface area contributed by atoms with E-state index >= 15 is 0 Å². The average molecular weight is 255 g/mol. The van der Waals surface area contributed by atoms with E-state index in [1.165, 1.54) is 19.3 Å². The maximum absolute atomic E-state index is 5.96. The second-order valence-electron chi connectivity index (χ2n) is 4.39.